The number of aromatic hydroxyl groups is 1. The lowest BCUT2D eigenvalue weighted by Crippen LogP contribution is -2.60. The summed E-state index contributed by atoms with van der Waals surface area (Å²) in [5.74, 6) is -1.13. The van der Waals surface area contributed by atoms with Gasteiger partial charge in [0.15, 0.2) is 0 Å². The summed E-state index contributed by atoms with van der Waals surface area (Å²) >= 11 is 0. The number of imide groups is 2. The molecule has 7 heteroatoms. The largest absolute Gasteiger partial charge is 0.508 e. The Morgan fingerprint density at radius 1 is 0.917 bits per heavy atom. The first kappa shape index (κ1) is 17.5. The van der Waals surface area contributed by atoms with Gasteiger partial charge in [0.25, 0.3) is 11.8 Å². The van der Waals surface area contributed by atoms with E-state index >= 15 is 0 Å². The van der Waals surface area contributed by atoms with Gasteiger partial charge in [0.05, 0.1) is 0 Å². The highest BCUT2D eigenvalue weighted by Gasteiger charge is 2.44. The number of nitrogens with one attached hydrogen (secondary N) is 1. The summed E-state index contributed by atoms with van der Waals surface area (Å²) in [6, 6.07) is 4.85. The summed E-state index contributed by atoms with van der Waals surface area (Å²) < 4.78 is 0. The van der Waals surface area contributed by atoms with Crippen molar-refractivity contribution >= 4 is 23.5 Å². The molecule has 128 valence electrons. The van der Waals surface area contributed by atoms with Crippen LogP contribution in [0.3, 0.4) is 0 Å². The molecule has 0 spiro atoms. The van der Waals surface area contributed by atoms with Crippen LogP contribution in [0.15, 0.2) is 36.0 Å². The van der Waals surface area contributed by atoms with E-state index in [1.54, 1.807) is 39.8 Å². The predicted molar refractivity (Wildman–Crippen MR) is 89.2 cm³/mol. The predicted octanol–water partition coefficient (Wildman–Crippen LogP) is 2.30. The van der Waals surface area contributed by atoms with Gasteiger partial charge in [-0.25, -0.2) is 4.79 Å². The van der Waals surface area contributed by atoms with E-state index in [1.807, 2.05) is 0 Å². The van der Waals surface area contributed by atoms with Crippen LogP contribution < -0.4 is 5.32 Å². The van der Waals surface area contributed by atoms with Crippen molar-refractivity contribution in [2.75, 3.05) is 5.32 Å². The summed E-state index contributed by atoms with van der Waals surface area (Å²) in [7, 11) is 0. The normalized spacial score (nSPS) is 15.6. The van der Waals surface area contributed by atoms with Crippen molar-refractivity contribution in [3.8, 4) is 5.75 Å². The molecule has 0 bridgehead atoms. The third-order valence-corrected chi connectivity index (χ3v) is 3.59. The summed E-state index contributed by atoms with van der Waals surface area (Å²) in [4.78, 5) is 39.7. The standard InChI is InChI=1S/C17H21N3O4/c1-10(2)19-15(22)14(16(23)20(11(3)4)17(19)24)9-18-12-5-7-13(21)8-6-12/h5-11,18,21H,1-4H3. The zero-order valence-corrected chi connectivity index (χ0v) is 14.1. The second-order valence-electron chi connectivity index (χ2n) is 6.07. The van der Waals surface area contributed by atoms with E-state index in [0.29, 0.717) is 5.69 Å². The highest BCUT2D eigenvalue weighted by atomic mass is 16.3. The van der Waals surface area contributed by atoms with Gasteiger partial charge in [0.2, 0.25) is 0 Å². The van der Waals surface area contributed by atoms with Gasteiger partial charge in [0.1, 0.15) is 11.3 Å². The smallest absolute Gasteiger partial charge is 0.334 e. The van der Waals surface area contributed by atoms with Gasteiger partial charge in [-0.15, -0.1) is 0 Å². The van der Waals surface area contributed by atoms with Crippen LogP contribution in [0.2, 0.25) is 0 Å². The van der Waals surface area contributed by atoms with E-state index in [1.165, 1.54) is 18.3 Å². The maximum Gasteiger partial charge on any atom is 0.334 e. The maximum absolute atomic E-state index is 12.5. The minimum absolute atomic E-state index is 0.106. The van der Waals surface area contributed by atoms with Gasteiger partial charge in [0, 0.05) is 24.0 Å². The Kier molecular flexibility index (Phi) is 4.92. The average Bonchev–Trinajstić information content (AvgIpc) is 2.48. The van der Waals surface area contributed by atoms with Crippen molar-refractivity contribution in [1.82, 2.24) is 9.80 Å². The zero-order chi connectivity index (χ0) is 18.0. The van der Waals surface area contributed by atoms with Crippen LogP contribution in [0.5, 0.6) is 5.75 Å². The van der Waals surface area contributed by atoms with E-state index in [-0.39, 0.29) is 23.4 Å². The quantitative estimate of drug-likeness (QED) is 0.502. The molecule has 1 aromatic carbocycles. The minimum atomic E-state index is -0.622. The third-order valence-electron chi connectivity index (χ3n) is 3.59. The number of carbonyl (C=O) groups excluding carboxylic acids is 3. The Hall–Kier alpha value is -2.83. The Bertz CT molecular complexity index is 660. The lowest BCUT2D eigenvalue weighted by atomic mass is 10.1. The summed E-state index contributed by atoms with van der Waals surface area (Å²) in [6.07, 6.45) is 1.30. The number of benzene rings is 1. The van der Waals surface area contributed by atoms with Gasteiger partial charge < -0.3 is 10.4 Å². The van der Waals surface area contributed by atoms with Gasteiger partial charge in [-0.2, -0.15) is 0 Å². The average molecular weight is 331 g/mol. The Morgan fingerprint density at radius 3 is 1.79 bits per heavy atom. The number of rotatable bonds is 4. The molecule has 0 unspecified atom stereocenters. The van der Waals surface area contributed by atoms with Gasteiger partial charge in [-0.3, -0.25) is 19.4 Å². The van der Waals surface area contributed by atoms with Gasteiger partial charge in [-0.05, 0) is 52.0 Å². The van der Waals surface area contributed by atoms with Crippen LogP contribution in [0, 0.1) is 0 Å². The summed E-state index contributed by atoms with van der Waals surface area (Å²) in [5.41, 5.74) is 0.495. The number of phenolic OH excluding ortho intramolecular Hbond substituents is 1. The molecule has 1 aromatic rings. The molecule has 0 atom stereocenters. The van der Waals surface area contributed by atoms with E-state index in [9.17, 15) is 19.5 Å². The van der Waals surface area contributed by atoms with E-state index < -0.39 is 17.8 Å². The molecule has 24 heavy (non-hydrogen) atoms. The van der Waals surface area contributed by atoms with E-state index in [2.05, 4.69) is 5.32 Å². The second kappa shape index (κ2) is 6.74. The van der Waals surface area contributed by atoms with Crippen LogP contribution in [0.1, 0.15) is 27.7 Å². The Balaban J connectivity index is 2.36. The van der Waals surface area contributed by atoms with Crippen molar-refractivity contribution in [2.45, 2.75) is 39.8 Å². The first-order valence-corrected chi connectivity index (χ1v) is 7.70. The zero-order valence-electron chi connectivity index (χ0n) is 14.1. The number of barbiturate groups is 1. The SMILES string of the molecule is CC(C)N1C(=O)C(=CNc2ccc(O)cc2)C(=O)N(C(C)C)C1=O. The van der Waals surface area contributed by atoms with Crippen LogP contribution in [-0.2, 0) is 9.59 Å². The molecule has 1 aliphatic rings. The molecule has 2 N–H and O–H groups in total. The molecule has 0 aromatic heterocycles. The highest BCUT2D eigenvalue weighted by molar-refractivity contribution is 6.29. The van der Waals surface area contributed by atoms with E-state index in [4.69, 9.17) is 0 Å². The Morgan fingerprint density at radius 2 is 1.38 bits per heavy atom. The second-order valence-corrected chi connectivity index (χ2v) is 6.07. The molecular formula is C17H21N3O4. The Labute approximate surface area is 140 Å². The lowest BCUT2D eigenvalue weighted by molar-refractivity contribution is -0.137. The molecule has 0 radical (unpaired) electrons. The maximum atomic E-state index is 12.5. The molecule has 1 fully saturated rings. The van der Waals surface area contributed by atoms with Crippen LogP contribution in [0.4, 0.5) is 10.5 Å². The highest BCUT2D eigenvalue weighted by Crippen LogP contribution is 2.22. The van der Waals surface area contributed by atoms with Crippen LogP contribution in [0.25, 0.3) is 0 Å². The van der Waals surface area contributed by atoms with Crippen LogP contribution >= 0.6 is 0 Å². The molecule has 1 heterocycles. The van der Waals surface area contributed by atoms with Crippen molar-refractivity contribution in [1.29, 1.82) is 0 Å². The van der Waals surface area contributed by atoms with Crippen molar-refractivity contribution in [3.63, 3.8) is 0 Å². The molecule has 7 nitrogen and oxygen atoms in total. The molecule has 1 saturated heterocycles. The molecule has 0 saturated carbocycles. The number of phenols is 1. The molecule has 1 aliphatic heterocycles. The first-order chi connectivity index (χ1) is 11.2. The fourth-order valence-corrected chi connectivity index (χ4v) is 2.39. The number of hydrogen-bond acceptors (Lipinski definition) is 5. The van der Waals surface area contributed by atoms with Crippen molar-refractivity contribution < 1.29 is 19.5 Å². The van der Waals surface area contributed by atoms with Crippen LogP contribution in [-0.4, -0.2) is 44.8 Å². The number of carbonyl (C=O) groups is 3. The molecule has 0 aliphatic carbocycles. The topological polar surface area (TPSA) is 90.0 Å². The van der Waals surface area contributed by atoms with E-state index in [0.717, 1.165) is 9.80 Å². The van der Waals surface area contributed by atoms with Gasteiger partial charge in [-0.1, -0.05) is 0 Å². The number of nitrogens with zero attached hydrogens (tertiary/aromatic N) is 2. The molecular weight excluding hydrogens is 310 g/mol. The fourth-order valence-electron chi connectivity index (χ4n) is 2.39. The number of hydrogen-bond donors (Lipinski definition) is 2. The van der Waals surface area contributed by atoms with Crippen molar-refractivity contribution in [3.05, 3.63) is 36.0 Å². The third kappa shape index (κ3) is 3.24. The lowest BCUT2D eigenvalue weighted by Gasteiger charge is -2.37. The fraction of sp³-hybridized carbons (Fsp3) is 0.353. The number of amides is 4. The monoisotopic (exact) mass is 331 g/mol. The molecule has 2 rings (SSSR count). The minimum Gasteiger partial charge on any atom is -0.508 e. The number of urea groups is 1. The molecule has 4 amide bonds. The number of anilines is 1. The first-order valence-electron chi connectivity index (χ1n) is 7.70. The summed E-state index contributed by atoms with van der Waals surface area (Å²) in [5, 5.41) is 12.1. The van der Waals surface area contributed by atoms with Gasteiger partial charge >= 0.3 is 6.03 Å². The van der Waals surface area contributed by atoms with Crippen molar-refractivity contribution in [2.24, 2.45) is 0 Å². The summed E-state index contributed by atoms with van der Waals surface area (Å²) in [6.45, 7) is 6.87.